The van der Waals surface area contributed by atoms with Crippen molar-refractivity contribution in [2.24, 2.45) is 0 Å². The molecular weight excluding hydrogens is 398 g/mol. The predicted molar refractivity (Wildman–Crippen MR) is 111 cm³/mol. The molecule has 1 aromatic heterocycles. The Morgan fingerprint density at radius 1 is 1.21 bits per heavy atom. The Balaban J connectivity index is 2.27. The van der Waals surface area contributed by atoms with Gasteiger partial charge in [-0.15, -0.1) is 11.3 Å². The van der Waals surface area contributed by atoms with Gasteiger partial charge in [-0.2, -0.15) is 0 Å². The summed E-state index contributed by atoms with van der Waals surface area (Å²) in [5.41, 5.74) is 1.99. The van der Waals surface area contributed by atoms with Gasteiger partial charge in [0, 0.05) is 31.6 Å². The number of carbonyl (C=O) groups excluding carboxylic acids is 2. The van der Waals surface area contributed by atoms with E-state index < -0.39 is 16.1 Å². The summed E-state index contributed by atoms with van der Waals surface area (Å²) in [6.45, 7) is 5.02. The highest BCUT2D eigenvalue weighted by Gasteiger charge is 2.22. The SMILES string of the molecule is CC(=O)N[C@@H](CC(=O)Nc1cc(S(=O)(=O)N(C)C)cc(C)c1C)c1cccs1. The molecule has 1 atom stereocenters. The van der Waals surface area contributed by atoms with E-state index in [1.54, 1.807) is 13.0 Å². The van der Waals surface area contributed by atoms with Crippen LogP contribution in [-0.2, 0) is 19.6 Å². The molecule has 2 aromatic rings. The van der Waals surface area contributed by atoms with Crippen molar-refractivity contribution in [1.29, 1.82) is 0 Å². The quantitative estimate of drug-likeness (QED) is 0.716. The van der Waals surface area contributed by atoms with Crippen LogP contribution in [0, 0.1) is 13.8 Å². The minimum atomic E-state index is -3.62. The summed E-state index contributed by atoms with van der Waals surface area (Å²) >= 11 is 1.46. The number of nitrogens with one attached hydrogen (secondary N) is 2. The number of benzene rings is 1. The smallest absolute Gasteiger partial charge is 0.242 e. The van der Waals surface area contributed by atoms with Crippen LogP contribution in [0.4, 0.5) is 5.69 Å². The topological polar surface area (TPSA) is 95.6 Å². The molecule has 1 aromatic carbocycles. The Morgan fingerprint density at radius 2 is 1.89 bits per heavy atom. The van der Waals surface area contributed by atoms with Crippen molar-refractivity contribution in [3.05, 3.63) is 45.6 Å². The van der Waals surface area contributed by atoms with Crippen LogP contribution in [0.2, 0.25) is 0 Å². The third kappa shape index (κ3) is 5.18. The van der Waals surface area contributed by atoms with Gasteiger partial charge in [-0.3, -0.25) is 9.59 Å². The van der Waals surface area contributed by atoms with Crippen LogP contribution in [0.25, 0.3) is 0 Å². The van der Waals surface area contributed by atoms with Crippen molar-refractivity contribution >= 4 is 38.9 Å². The van der Waals surface area contributed by atoms with Gasteiger partial charge in [-0.25, -0.2) is 12.7 Å². The van der Waals surface area contributed by atoms with Crippen molar-refractivity contribution < 1.29 is 18.0 Å². The van der Waals surface area contributed by atoms with Crippen molar-refractivity contribution in [2.45, 2.75) is 38.1 Å². The molecule has 0 saturated heterocycles. The molecule has 9 heteroatoms. The van der Waals surface area contributed by atoms with Gasteiger partial charge in [0.25, 0.3) is 0 Å². The van der Waals surface area contributed by atoms with Crippen LogP contribution >= 0.6 is 11.3 Å². The van der Waals surface area contributed by atoms with E-state index in [2.05, 4.69) is 10.6 Å². The average Bonchev–Trinajstić information content (AvgIpc) is 3.12. The number of thiophene rings is 1. The van der Waals surface area contributed by atoms with Crippen molar-refractivity contribution in [1.82, 2.24) is 9.62 Å². The zero-order valence-corrected chi connectivity index (χ0v) is 18.2. The summed E-state index contributed by atoms with van der Waals surface area (Å²) < 4.78 is 26.0. The van der Waals surface area contributed by atoms with Crippen molar-refractivity contribution in [3.63, 3.8) is 0 Å². The second kappa shape index (κ2) is 8.85. The minimum absolute atomic E-state index is 0.0449. The molecule has 0 aliphatic rings. The fourth-order valence-electron chi connectivity index (χ4n) is 2.66. The first-order chi connectivity index (χ1) is 13.0. The highest BCUT2D eigenvalue weighted by molar-refractivity contribution is 7.89. The maximum absolute atomic E-state index is 12.6. The van der Waals surface area contributed by atoms with Crippen LogP contribution in [0.3, 0.4) is 0 Å². The van der Waals surface area contributed by atoms with Crippen LogP contribution in [0.5, 0.6) is 0 Å². The summed E-state index contributed by atoms with van der Waals surface area (Å²) in [4.78, 5) is 25.1. The Kier molecular flexibility index (Phi) is 6.97. The number of hydrogen-bond donors (Lipinski definition) is 2. The summed E-state index contributed by atoms with van der Waals surface area (Å²) in [7, 11) is -0.702. The van der Waals surface area contributed by atoms with E-state index in [1.807, 2.05) is 24.4 Å². The summed E-state index contributed by atoms with van der Waals surface area (Å²) in [6.07, 6.45) is 0.0449. The third-order valence-electron chi connectivity index (χ3n) is 4.35. The van der Waals surface area contributed by atoms with E-state index >= 15 is 0 Å². The van der Waals surface area contributed by atoms with E-state index in [-0.39, 0.29) is 23.1 Å². The highest BCUT2D eigenvalue weighted by Crippen LogP contribution is 2.27. The fraction of sp³-hybridized carbons (Fsp3) is 0.368. The maximum Gasteiger partial charge on any atom is 0.242 e. The Hall–Kier alpha value is -2.23. The number of aryl methyl sites for hydroxylation is 1. The molecule has 2 amide bonds. The number of hydrogen-bond acceptors (Lipinski definition) is 5. The molecule has 152 valence electrons. The minimum Gasteiger partial charge on any atom is -0.348 e. The molecule has 0 aliphatic heterocycles. The Morgan fingerprint density at radius 3 is 2.43 bits per heavy atom. The van der Waals surface area contributed by atoms with E-state index in [4.69, 9.17) is 0 Å². The lowest BCUT2D eigenvalue weighted by Crippen LogP contribution is -2.29. The van der Waals surface area contributed by atoms with Gasteiger partial charge in [0.2, 0.25) is 21.8 Å². The lowest BCUT2D eigenvalue weighted by molar-refractivity contribution is -0.120. The molecular formula is C19H25N3O4S2. The van der Waals surface area contributed by atoms with Crippen LogP contribution < -0.4 is 10.6 Å². The van der Waals surface area contributed by atoms with E-state index in [9.17, 15) is 18.0 Å². The number of amides is 2. The Bertz CT molecular complexity index is 967. The first-order valence-electron chi connectivity index (χ1n) is 8.66. The molecule has 0 spiro atoms. The van der Waals surface area contributed by atoms with E-state index in [1.165, 1.54) is 38.4 Å². The van der Waals surface area contributed by atoms with Gasteiger partial charge < -0.3 is 10.6 Å². The Labute approximate surface area is 169 Å². The molecule has 7 nitrogen and oxygen atoms in total. The molecule has 0 aliphatic carbocycles. The van der Waals surface area contributed by atoms with Gasteiger partial charge in [0.15, 0.2) is 0 Å². The second-order valence-electron chi connectivity index (χ2n) is 6.72. The lowest BCUT2D eigenvalue weighted by Gasteiger charge is -2.19. The number of carbonyl (C=O) groups is 2. The fourth-order valence-corrected chi connectivity index (χ4v) is 4.45. The number of anilines is 1. The molecule has 1 heterocycles. The summed E-state index contributed by atoms with van der Waals surface area (Å²) in [5.74, 6) is -0.536. The monoisotopic (exact) mass is 423 g/mol. The summed E-state index contributed by atoms with van der Waals surface area (Å²) in [6, 6.07) is 6.33. The number of sulfonamides is 1. The van der Waals surface area contributed by atoms with E-state index in [0.717, 1.165) is 20.3 Å². The van der Waals surface area contributed by atoms with Crippen LogP contribution in [0.1, 0.15) is 35.4 Å². The molecule has 0 unspecified atom stereocenters. The predicted octanol–water partition coefficient (Wildman–Crippen LogP) is 2.82. The highest BCUT2D eigenvalue weighted by atomic mass is 32.2. The molecule has 2 N–H and O–H groups in total. The molecule has 0 fully saturated rings. The zero-order valence-electron chi connectivity index (χ0n) is 16.6. The molecule has 28 heavy (non-hydrogen) atoms. The van der Waals surface area contributed by atoms with Gasteiger partial charge in [0.05, 0.1) is 17.4 Å². The number of nitrogens with zero attached hydrogens (tertiary/aromatic N) is 1. The van der Waals surface area contributed by atoms with Crippen molar-refractivity contribution in [3.8, 4) is 0 Å². The first-order valence-corrected chi connectivity index (χ1v) is 11.0. The van der Waals surface area contributed by atoms with E-state index in [0.29, 0.717) is 5.69 Å². The van der Waals surface area contributed by atoms with Gasteiger partial charge in [-0.05, 0) is 48.6 Å². The normalized spacial score (nSPS) is 12.6. The first kappa shape index (κ1) is 22.1. The van der Waals surface area contributed by atoms with Gasteiger partial charge in [0.1, 0.15) is 0 Å². The lowest BCUT2D eigenvalue weighted by atomic mass is 10.1. The van der Waals surface area contributed by atoms with Crippen LogP contribution in [0.15, 0.2) is 34.5 Å². The number of rotatable bonds is 7. The second-order valence-corrected chi connectivity index (χ2v) is 9.85. The largest absolute Gasteiger partial charge is 0.348 e. The van der Waals surface area contributed by atoms with Gasteiger partial charge in [-0.1, -0.05) is 6.07 Å². The summed E-state index contributed by atoms with van der Waals surface area (Å²) in [5, 5.41) is 7.46. The maximum atomic E-state index is 12.6. The zero-order chi connectivity index (χ0) is 21.1. The molecule has 2 rings (SSSR count). The van der Waals surface area contributed by atoms with Gasteiger partial charge >= 0.3 is 0 Å². The molecule has 0 saturated carbocycles. The molecule has 0 radical (unpaired) electrons. The standard InChI is InChI=1S/C19H25N3O4S2/c1-12-9-15(28(25,26)22(4)5)10-16(13(12)2)21-19(24)11-17(20-14(3)23)18-7-6-8-27-18/h6-10,17H,11H2,1-5H3,(H,20,23)(H,21,24)/t17-/m0/s1. The molecule has 0 bridgehead atoms. The average molecular weight is 424 g/mol. The van der Waals surface area contributed by atoms with Crippen LogP contribution in [-0.4, -0.2) is 38.6 Å². The third-order valence-corrected chi connectivity index (χ3v) is 7.13. The van der Waals surface area contributed by atoms with Crippen molar-refractivity contribution in [2.75, 3.05) is 19.4 Å².